The molecule has 114 valence electrons. The zero-order chi connectivity index (χ0) is 15.7. The summed E-state index contributed by atoms with van der Waals surface area (Å²) in [4.78, 5) is 22.4. The topological polar surface area (TPSA) is 83.7 Å². The highest BCUT2D eigenvalue weighted by atomic mass is 19.3. The van der Waals surface area contributed by atoms with E-state index in [9.17, 15) is 23.7 Å². The highest BCUT2D eigenvalue weighted by molar-refractivity contribution is 5.71. The normalized spacial score (nSPS) is 16.7. The quantitative estimate of drug-likeness (QED) is 0.667. The van der Waals surface area contributed by atoms with Crippen LogP contribution in [0.5, 0.6) is 0 Å². The van der Waals surface area contributed by atoms with Gasteiger partial charge in [0.25, 0.3) is 12.1 Å². The molecule has 1 heterocycles. The second-order valence-corrected chi connectivity index (χ2v) is 5.09. The number of nitro groups is 1. The second kappa shape index (κ2) is 5.63. The zero-order valence-corrected chi connectivity index (χ0v) is 11.2. The van der Waals surface area contributed by atoms with E-state index in [0.29, 0.717) is 13.1 Å². The van der Waals surface area contributed by atoms with Crippen molar-refractivity contribution in [2.45, 2.75) is 13.3 Å². The molecule has 1 atom stereocenters. The SMILES string of the molecule is CC(C(=O)O)C1CN(c2ccc([N+](=O)[O-])cc2C(F)F)C1. The Morgan fingerprint density at radius 2 is 2.10 bits per heavy atom. The third-order valence-electron chi connectivity index (χ3n) is 3.80. The summed E-state index contributed by atoms with van der Waals surface area (Å²) >= 11 is 0. The first kappa shape index (κ1) is 15.1. The van der Waals surface area contributed by atoms with Crippen LogP contribution in [0.4, 0.5) is 20.2 Å². The molecule has 0 aromatic heterocycles. The monoisotopic (exact) mass is 300 g/mol. The molecule has 0 spiro atoms. The summed E-state index contributed by atoms with van der Waals surface area (Å²) in [5, 5.41) is 19.5. The Labute approximate surface area is 119 Å². The number of halogens is 2. The number of benzene rings is 1. The molecule has 21 heavy (non-hydrogen) atoms. The number of non-ortho nitro benzene ring substituents is 1. The van der Waals surface area contributed by atoms with Crippen LogP contribution in [0, 0.1) is 22.0 Å². The maximum absolute atomic E-state index is 13.0. The molecule has 1 aromatic rings. The molecule has 1 unspecified atom stereocenters. The number of hydrogen-bond donors (Lipinski definition) is 1. The Balaban J connectivity index is 2.18. The fourth-order valence-corrected chi connectivity index (χ4v) is 2.35. The number of alkyl halides is 2. The van der Waals surface area contributed by atoms with Crippen LogP contribution in [0.2, 0.25) is 0 Å². The number of anilines is 1. The second-order valence-electron chi connectivity index (χ2n) is 5.09. The molecule has 0 amide bonds. The van der Waals surface area contributed by atoms with Gasteiger partial charge in [0.2, 0.25) is 0 Å². The molecular weight excluding hydrogens is 286 g/mol. The predicted octanol–water partition coefficient (Wildman–Crippen LogP) is 2.69. The minimum Gasteiger partial charge on any atom is -0.481 e. The molecule has 1 aliphatic rings. The van der Waals surface area contributed by atoms with Gasteiger partial charge in [0, 0.05) is 42.4 Å². The van der Waals surface area contributed by atoms with E-state index in [0.717, 1.165) is 6.07 Å². The van der Waals surface area contributed by atoms with Crippen molar-refractivity contribution in [2.75, 3.05) is 18.0 Å². The smallest absolute Gasteiger partial charge is 0.306 e. The van der Waals surface area contributed by atoms with E-state index in [1.165, 1.54) is 12.1 Å². The molecule has 0 saturated carbocycles. The van der Waals surface area contributed by atoms with Gasteiger partial charge in [-0.25, -0.2) is 8.78 Å². The number of carbonyl (C=O) groups is 1. The van der Waals surface area contributed by atoms with Crippen LogP contribution >= 0.6 is 0 Å². The molecular formula is C13H14F2N2O4. The first-order chi connectivity index (χ1) is 9.81. The Kier molecular flexibility index (Phi) is 4.06. The lowest BCUT2D eigenvalue weighted by Crippen LogP contribution is -2.51. The third kappa shape index (κ3) is 2.93. The predicted molar refractivity (Wildman–Crippen MR) is 70.6 cm³/mol. The third-order valence-corrected chi connectivity index (χ3v) is 3.80. The average Bonchev–Trinajstić information content (AvgIpc) is 2.36. The maximum Gasteiger partial charge on any atom is 0.306 e. The summed E-state index contributed by atoms with van der Waals surface area (Å²) < 4.78 is 26.1. The minimum absolute atomic E-state index is 0.108. The Hall–Kier alpha value is -2.25. The highest BCUT2D eigenvalue weighted by Gasteiger charge is 2.36. The zero-order valence-electron chi connectivity index (χ0n) is 11.2. The van der Waals surface area contributed by atoms with Gasteiger partial charge in [-0.2, -0.15) is 0 Å². The van der Waals surface area contributed by atoms with Crippen LogP contribution in [-0.2, 0) is 4.79 Å². The van der Waals surface area contributed by atoms with E-state index >= 15 is 0 Å². The minimum atomic E-state index is -2.82. The summed E-state index contributed by atoms with van der Waals surface area (Å²) in [6.07, 6.45) is -2.82. The van der Waals surface area contributed by atoms with Crippen molar-refractivity contribution in [3.05, 3.63) is 33.9 Å². The van der Waals surface area contributed by atoms with Gasteiger partial charge in [0.05, 0.1) is 10.8 Å². The summed E-state index contributed by atoms with van der Waals surface area (Å²) in [5.74, 6) is -1.57. The van der Waals surface area contributed by atoms with Gasteiger partial charge in [-0.15, -0.1) is 0 Å². The van der Waals surface area contributed by atoms with Crippen molar-refractivity contribution in [1.82, 2.24) is 0 Å². The molecule has 1 aromatic carbocycles. The number of carboxylic acid groups (broad SMARTS) is 1. The standard InChI is InChI=1S/C13H14F2N2O4/c1-7(13(18)19)8-5-16(6-8)11-3-2-9(17(20)21)4-10(11)12(14)15/h2-4,7-8,12H,5-6H2,1H3,(H,18,19). The van der Waals surface area contributed by atoms with E-state index in [2.05, 4.69) is 0 Å². The Bertz CT molecular complexity index is 573. The number of carboxylic acids is 1. The van der Waals surface area contributed by atoms with Gasteiger partial charge in [-0.1, -0.05) is 6.92 Å². The van der Waals surface area contributed by atoms with E-state index in [4.69, 9.17) is 5.11 Å². The van der Waals surface area contributed by atoms with Crippen molar-refractivity contribution in [3.63, 3.8) is 0 Å². The van der Waals surface area contributed by atoms with Crippen molar-refractivity contribution >= 4 is 17.3 Å². The van der Waals surface area contributed by atoms with Crippen molar-refractivity contribution < 1.29 is 23.6 Å². The number of nitrogens with zero attached hydrogens (tertiary/aromatic N) is 2. The number of nitro benzene ring substituents is 1. The van der Waals surface area contributed by atoms with Crippen molar-refractivity contribution in [3.8, 4) is 0 Å². The largest absolute Gasteiger partial charge is 0.481 e. The van der Waals surface area contributed by atoms with E-state index in [-0.39, 0.29) is 17.3 Å². The number of aliphatic carboxylic acids is 1. The average molecular weight is 300 g/mol. The lowest BCUT2D eigenvalue weighted by molar-refractivity contribution is -0.385. The Morgan fingerprint density at radius 1 is 1.48 bits per heavy atom. The van der Waals surface area contributed by atoms with Crippen LogP contribution in [0.25, 0.3) is 0 Å². The summed E-state index contributed by atoms with van der Waals surface area (Å²) in [6, 6.07) is 3.34. The molecule has 8 heteroatoms. The molecule has 6 nitrogen and oxygen atoms in total. The van der Waals surface area contributed by atoms with Gasteiger partial charge in [-0.3, -0.25) is 14.9 Å². The molecule has 2 rings (SSSR count). The van der Waals surface area contributed by atoms with Crippen LogP contribution in [0.1, 0.15) is 18.9 Å². The number of rotatable bonds is 5. The van der Waals surface area contributed by atoms with Gasteiger partial charge < -0.3 is 10.0 Å². The summed E-state index contributed by atoms with van der Waals surface area (Å²) in [6.45, 7) is 2.28. The van der Waals surface area contributed by atoms with Crippen LogP contribution in [-0.4, -0.2) is 29.1 Å². The molecule has 1 saturated heterocycles. The fourth-order valence-electron chi connectivity index (χ4n) is 2.35. The summed E-state index contributed by atoms with van der Waals surface area (Å²) in [7, 11) is 0. The summed E-state index contributed by atoms with van der Waals surface area (Å²) in [5.41, 5.74) is -0.555. The van der Waals surface area contributed by atoms with Crippen molar-refractivity contribution in [2.24, 2.45) is 11.8 Å². The lowest BCUT2D eigenvalue weighted by atomic mass is 9.86. The van der Waals surface area contributed by atoms with Gasteiger partial charge in [0.1, 0.15) is 0 Å². The first-order valence-corrected chi connectivity index (χ1v) is 6.35. The Morgan fingerprint density at radius 3 is 2.57 bits per heavy atom. The van der Waals surface area contributed by atoms with Crippen molar-refractivity contribution in [1.29, 1.82) is 0 Å². The van der Waals surface area contributed by atoms with Gasteiger partial charge in [0.15, 0.2) is 0 Å². The maximum atomic E-state index is 13.0. The molecule has 1 N–H and O–H groups in total. The molecule has 0 bridgehead atoms. The fraction of sp³-hybridized carbons (Fsp3) is 0.462. The van der Waals surface area contributed by atoms with Gasteiger partial charge in [-0.05, 0) is 6.07 Å². The van der Waals surface area contributed by atoms with E-state index in [1.807, 2.05) is 0 Å². The lowest BCUT2D eigenvalue weighted by Gasteiger charge is -2.43. The van der Waals surface area contributed by atoms with Gasteiger partial charge >= 0.3 is 5.97 Å². The molecule has 0 radical (unpaired) electrons. The highest BCUT2D eigenvalue weighted by Crippen LogP contribution is 2.37. The van der Waals surface area contributed by atoms with E-state index in [1.54, 1.807) is 11.8 Å². The first-order valence-electron chi connectivity index (χ1n) is 6.35. The van der Waals surface area contributed by atoms with Crippen LogP contribution < -0.4 is 4.90 Å². The molecule has 0 aliphatic carbocycles. The molecule has 1 aliphatic heterocycles. The van der Waals surface area contributed by atoms with Crippen LogP contribution in [0.3, 0.4) is 0 Å². The van der Waals surface area contributed by atoms with E-state index < -0.39 is 28.8 Å². The molecule has 1 fully saturated rings. The van der Waals surface area contributed by atoms with Crippen LogP contribution in [0.15, 0.2) is 18.2 Å². The number of hydrogen-bond acceptors (Lipinski definition) is 4.